The number of aryl methyl sites for hydroxylation is 1. The molecule has 0 atom stereocenters. The van der Waals surface area contributed by atoms with Crippen molar-refractivity contribution in [1.82, 2.24) is 14.8 Å². The topological polar surface area (TPSA) is 50.9 Å². The van der Waals surface area contributed by atoms with Gasteiger partial charge in [0.2, 0.25) is 0 Å². The number of aromatic hydroxyl groups is 1. The molecular formula is C13H11N3O. The second-order valence-electron chi connectivity index (χ2n) is 4.01. The lowest BCUT2D eigenvalue weighted by Gasteiger charge is -2.03. The molecule has 4 heteroatoms. The van der Waals surface area contributed by atoms with Crippen molar-refractivity contribution in [3.8, 4) is 17.1 Å². The first-order chi connectivity index (χ1) is 8.24. The van der Waals surface area contributed by atoms with E-state index in [1.807, 2.05) is 35.9 Å². The quantitative estimate of drug-likeness (QED) is 0.691. The third kappa shape index (κ3) is 1.63. The fourth-order valence-corrected chi connectivity index (χ4v) is 1.92. The van der Waals surface area contributed by atoms with Crippen molar-refractivity contribution < 1.29 is 5.11 Å². The third-order valence-corrected chi connectivity index (χ3v) is 2.79. The van der Waals surface area contributed by atoms with E-state index in [2.05, 4.69) is 10.2 Å². The molecule has 0 bridgehead atoms. The lowest BCUT2D eigenvalue weighted by molar-refractivity contribution is 0.476. The number of phenols is 1. The van der Waals surface area contributed by atoms with Crippen LogP contribution in [0.15, 0.2) is 42.7 Å². The van der Waals surface area contributed by atoms with Crippen molar-refractivity contribution >= 4 is 10.8 Å². The molecule has 0 unspecified atom stereocenters. The molecule has 0 saturated carbocycles. The Labute approximate surface area is 98.2 Å². The average molecular weight is 225 g/mol. The van der Waals surface area contributed by atoms with Crippen LogP contribution in [0.25, 0.3) is 22.2 Å². The molecule has 0 saturated heterocycles. The zero-order valence-electron chi connectivity index (χ0n) is 9.33. The minimum Gasteiger partial charge on any atom is -0.508 e. The summed E-state index contributed by atoms with van der Waals surface area (Å²) in [6, 6.07) is 11.3. The normalized spacial score (nSPS) is 10.9. The van der Waals surface area contributed by atoms with Crippen LogP contribution in [-0.4, -0.2) is 19.9 Å². The van der Waals surface area contributed by atoms with Crippen LogP contribution in [0.3, 0.4) is 0 Å². The van der Waals surface area contributed by atoms with Gasteiger partial charge in [-0.2, -0.15) is 0 Å². The van der Waals surface area contributed by atoms with Gasteiger partial charge in [0.1, 0.15) is 12.1 Å². The Morgan fingerprint density at radius 3 is 2.59 bits per heavy atom. The molecule has 0 spiro atoms. The van der Waals surface area contributed by atoms with Gasteiger partial charge in [-0.25, -0.2) is 0 Å². The highest BCUT2D eigenvalue weighted by molar-refractivity contribution is 5.87. The highest BCUT2D eigenvalue weighted by Crippen LogP contribution is 2.25. The van der Waals surface area contributed by atoms with E-state index in [9.17, 15) is 5.11 Å². The van der Waals surface area contributed by atoms with Gasteiger partial charge in [0.25, 0.3) is 0 Å². The molecule has 0 aliphatic carbocycles. The first-order valence-corrected chi connectivity index (χ1v) is 5.31. The molecule has 1 N–H and O–H groups in total. The standard InChI is InChI=1S/C13H11N3O/c1-16-8-14-15-13(16)11-3-2-10-7-12(17)5-4-9(10)6-11/h2-8,17H,1H3. The Balaban J connectivity index is 2.20. The molecule has 3 aromatic rings. The number of hydrogen-bond acceptors (Lipinski definition) is 3. The summed E-state index contributed by atoms with van der Waals surface area (Å²) in [6.45, 7) is 0. The van der Waals surface area contributed by atoms with Gasteiger partial charge in [-0.15, -0.1) is 10.2 Å². The number of phenolic OH excluding ortho intramolecular Hbond substituents is 1. The van der Waals surface area contributed by atoms with E-state index >= 15 is 0 Å². The number of rotatable bonds is 1. The van der Waals surface area contributed by atoms with Crippen LogP contribution >= 0.6 is 0 Å². The Hall–Kier alpha value is -2.36. The lowest BCUT2D eigenvalue weighted by Crippen LogP contribution is -1.90. The molecule has 84 valence electrons. The molecule has 0 fully saturated rings. The molecule has 1 heterocycles. The predicted octanol–water partition coefficient (Wildman–Crippen LogP) is 2.34. The van der Waals surface area contributed by atoms with E-state index < -0.39 is 0 Å². The van der Waals surface area contributed by atoms with E-state index in [0.717, 1.165) is 22.2 Å². The Bertz CT molecular complexity index is 688. The Morgan fingerprint density at radius 1 is 1.06 bits per heavy atom. The second kappa shape index (κ2) is 3.59. The highest BCUT2D eigenvalue weighted by atomic mass is 16.3. The van der Waals surface area contributed by atoms with E-state index in [-0.39, 0.29) is 5.75 Å². The summed E-state index contributed by atoms with van der Waals surface area (Å²) in [6.07, 6.45) is 1.68. The zero-order chi connectivity index (χ0) is 11.8. The van der Waals surface area contributed by atoms with E-state index in [4.69, 9.17) is 0 Å². The SMILES string of the molecule is Cn1cnnc1-c1ccc2cc(O)ccc2c1. The predicted molar refractivity (Wildman–Crippen MR) is 65.6 cm³/mol. The largest absolute Gasteiger partial charge is 0.508 e. The fourth-order valence-electron chi connectivity index (χ4n) is 1.92. The maximum absolute atomic E-state index is 9.40. The minimum absolute atomic E-state index is 0.281. The number of fused-ring (bicyclic) bond motifs is 1. The van der Waals surface area contributed by atoms with Crippen LogP contribution in [0.4, 0.5) is 0 Å². The van der Waals surface area contributed by atoms with Crippen LogP contribution < -0.4 is 0 Å². The minimum atomic E-state index is 0.281. The smallest absolute Gasteiger partial charge is 0.163 e. The molecule has 0 aliphatic heterocycles. The molecular weight excluding hydrogens is 214 g/mol. The first kappa shape index (κ1) is 9.84. The summed E-state index contributed by atoms with van der Waals surface area (Å²) in [5.41, 5.74) is 1.02. The molecule has 4 nitrogen and oxygen atoms in total. The maximum atomic E-state index is 9.40. The van der Waals surface area contributed by atoms with E-state index in [1.54, 1.807) is 18.5 Å². The van der Waals surface area contributed by atoms with Crippen molar-refractivity contribution in [1.29, 1.82) is 0 Å². The number of nitrogens with zero attached hydrogens (tertiary/aromatic N) is 3. The average Bonchev–Trinajstić information content (AvgIpc) is 2.75. The van der Waals surface area contributed by atoms with Crippen molar-refractivity contribution in [2.45, 2.75) is 0 Å². The van der Waals surface area contributed by atoms with Gasteiger partial charge in [0.15, 0.2) is 5.82 Å². The van der Waals surface area contributed by atoms with Crippen LogP contribution in [0.2, 0.25) is 0 Å². The molecule has 0 aliphatic rings. The van der Waals surface area contributed by atoms with Gasteiger partial charge < -0.3 is 9.67 Å². The Morgan fingerprint density at radius 2 is 1.82 bits per heavy atom. The van der Waals surface area contributed by atoms with Crippen LogP contribution in [0, 0.1) is 0 Å². The molecule has 17 heavy (non-hydrogen) atoms. The van der Waals surface area contributed by atoms with E-state index in [1.165, 1.54) is 0 Å². The molecule has 2 aromatic carbocycles. The van der Waals surface area contributed by atoms with Crippen LogP contribution in [0.1, 0.15) is 0 Å². The first-order valence-electron chi connectivity index (χ1n) is 5.31. The summed E-state index contributed by atoms with van der Waals surface area (Å²) in [5.74, 6) is 1.11. The van der Waals surface area contributed by atoms with Crippen molar-refractivity contribution in [2.75, 3.05) is 0 Å². The lowest BCUT2D eigenvalue weighted by atomic mass is 10.1. The summed E-state index contributed by atoms with van der Waals surface area (Å²) in [7, 11) is 1.91. The van der Waals surface area contributed by atoms with Crippen molar-refractivity contribution in [3.63, 3.8) is 0 Å². The number of hydrogen-bond donors (Lipinski definition) is 1. The van der Waals surface area contributed by atoms with Gasteiger partial charge in [-0.05, 0) is 29.0 Å². The second-order valence-corrected chi connectivity index (χ2v) is 4.01. The van der Waals surface area contributed by atoms with Gasteiger partial charge >= 0.3 is 0 Å². The summed E-state index contributed by atoms with van der Waals surface area (Å²) in [5, 5.41) is 19.4. The molecule has 3 rings (SSSR count). The molecule has 0 radical (unpaired) electrons. The monoisotopic (exact) mass is 225 g/mol. The maximum Gasteiger partial charge on any atom is 0.163 e. The molecule has 0 amide bonds. The van der Waals surface area contributed by atoms with Gasteiger partial charge in [0, 0.05) is 12.6 Å². The third-order valence-electron chi connectivity index (χ3n) is 2.79. The number of aromatic nitrogens is 3. The Kier molecular flexibility index (Phi) is 2.08. The summed E-state index contributed by atoms with van der Waals surface area (Å²) >= 11 is 0. The summed E-state index contributed by atoms with van der Waals surface area (Å²) in [4.78, 5) is 0. The highest BCUT2D eigenvalue weighted by Gasteiger charge is 2.05. The molecule has 1 aromatic heterocycles. The fraction of sp³-hybridized carbons (Fsp3) is 0.0769. The van der Waals surface area contributed by atoms with Crippen molar-refractivity contribution in [2.24, 2.45) is 7.05 Å². The van der Waals surface area contributed by atoms with Crippen LogP contribution in [0.5, 0.6) is 5.75 Å². The van der Waals surface area contributed by atoms with Gasteiger partial charge in [0.05, 0.1) is 0 Å². The van der Waals surface area contributed by atoms with E-state index in [0.29, 0.717) is 0 Å². The van der Waals surface area contributed by atoms with Gasteiger partial charge in [-0.1, -0.05) is 18.2 Å². The van der Waals surface area contributed by atoms with Crippen LogP contribution in [-0.2, 0) is 7.05 Å². The summed E-state index contributed by atoms with van der Waals surface area (Å²) < 4.78 is 1.88. The van der Waals surface area contributed by atoms with Gasteiger partial charge in [-0.3, -0.25) is 0 Å². The number of benzene rings is 2. The zero-order valence-corrected chi connectivity index (χ0v) is 9.33. The van der Waals surface area contributed by atoms with Crippen molar-refractivity contribution in [3.05, 3.63) is 42.7 Å².